The molecule has 1 N–H and O–H groups in total. The quantitative estimate of drug-likeness (QED) is 0.236. The van der Waals surface area contributed by atoms with Crippen molar-refractivity contribution >= 4 is 17.6 Å². The van der Waals surface area contributed by atoms with E-state index in [4.69, 9.17) is 21.1 Å². The van der Waals surface area contributed by atoms with E-state index >= 15 is 0 Å². The second kappa shape index (κ2) is 12.8. The lowest BCUT2D eigenvalue weighted by Gasteiger charge is -2.29. The van der Waals surface area contributed by atoms with E-state index in [1.165, 1.54) is 11.1 Å². The zero-order chi connectivity index (χ0) is 29.1. The molecule has 0 amide bonds. The number of ether oxygens (including phenoxy) is 2. The van der Waals surface area contributed by atoms with E-state index < -0.39 is 11.9 Å². The molecule has 5 rings (SSSR count). The number of carbonyl (C=O) groups is 1. The molecule has 6 nitrogen and oxygen atoms in total. The van der Waals surface area contributed by atoms with Gasteiger partial charge >= 0.3 is 5.97 Å². The van der Waals surface area contributed by atoms with Gasteiger partial charge in [-0.05, 0) is 91.4 Å². The number of pyridine rings is 1. The normalized spacial score (nSPS) is 18.0. The number of aliphatic carboxylic acids is 1. The Bertz CT molecular complexity index is 1390. The highest BCUT2D eigenvalue weighted by Crippen LogP contribution is 2.48. The Kier molecular flexibility index (Phi) is 9.20. The highest BCUT2D eigenvalue weighted by atomic mass is 35.5. The number of carboxylic acids is 1. The summed E-state index contributed by atoms with van der Waals surface area (Å²) >= 11 is 6.67. The average Bonchev–Trinajstić information content (AvgIpc) is 3.82. The summed E-state index contributed by atoms with van der Waals surface area (Å²) in [6, 6.07) is 14.9. The van der Waals surface area contributed by atoms with Crippen molar-refractivity contribution in [2.24, 2.45) is 11.8 Å². The van der Waals surface area contributed by atoms with Crippen LogP contribution in [0.25, 0.3) is 11.1 Å². The molecule has 1 fully saturated rings. The minimum absolute atomic E-state index is 0.0217. The second-order valence-corrected chi connectivity index (χ2v) is 11.7. The molecule has 218 valence electrons. The number of aromatic nitrogens is 1. The van der Waals surface area contributed by atoms with Crippen LogP contribution >= 0.6 is 11.6 Å². The molecule has 3 aromatic rings. The SMILES string of the molecule is CCOc1cc(-c2ccc(C3CCc4ccc(C(C5CC5)[C@H](C)C(=O)O)cc4O3)cc2CN(CC)CC)c(Cl)cn1. The number of benzene rings is 2. The minimum Gasteiger partial charge on any atom is -0.485 e. The first-order valence-electron chi connectivity index (χ1n) is 15.0. The van der Waals surface area contributed by atoms with Gasteiger partial charge in [0.15, 0.2) is 0 Å². The summed E-state index contributed by atoms with van der Waals surface area (Å²) in [5.41, 5.74) is 6.58. The van der Waals surface area contributed by atoms with E-state index in [0.717, 1.165) is 73.3 Å². The third kappa shape index (κ3) is 6.54. The monoisotopic (exact) mass is 576 g/mol. The van der Waals surface area contributed by atoms with Crippen molar-refractivity contribution in [3.05, 3.63) is 75.9 Å². The molecule has 0 spiro atoms. The topological polar surface area (TPSA) is 71.9 Å². The Balaban J connectivity index is 1.47. The van der Waals surface area contributed by atoms with Gasteiger partial charge in [-0.15, -0.1) is 0 Å². The van der Waals surface area contributed by atoms with E-state index in [0.29, 0.717) is 23.4 Å². The fraction of sp³-hybridized carbons (Fsp3) is 0.471. The summed E-state index contributed by atoms with van der Waals surface area (Å²) < 4.78 is 12.3. The number of aryl methyl sites for hydroxylation is 1. The lowest BCUT2D eigenvalue weighted by atomic mass is 9.82. The third-order valence-electron chi connectivity index (χ3n) is 8.68. The maximum absolute atomic E-state index is 11.9. The summed E-state index contributed by atoms with van der Waals surface area (Å²) in [5, 5.41) is 10.3. The molecule has 1 aliphatic heterocycles. The van der Waals surface area contributed by atoms with Crippen molar-refractivity contribution < 1.29 is 19.4 Å². The molecular formula is C34H41ClN2O4. The fourth-order valence-electron chi connectivity index (χ4n) is 6.15. The zero-order valence-corrected chi connectivity index (χ0v) is 25.3. The summed E-state index contributed by atoms with van der Waals surface area (Å²) in [7, 11) is 0. The first kappa shape index (κ1) is 29.4. The predicted molar refractivity (Wildman–Crippen MR) is 163 cm³/mol. The number of nitrogens with zero attached hydrogens (tertiary/aromatic N) is 2. The maximum atomic E-state index is 11.9. The molecule has 0 radical (unpaired) electrons. The van der Waals surface area contributed by atoms with Crippen LogP contribution < -0.4 is 9.47 Å². The van der Waals surface area contributed by atoms with E-state index in [1.54, 1.807) is 6.20 Å². The minimum atomic E-state index is -0.734. The van der Waals surface area contributed by atoms with E-state index in [9.17, 15) is 9.90 Å². The van der Waals surface area contributed by atoms with Crippen molar-refractivity contribution in [1.82, 2.24) is 9.88 Å². The lowest BCUT2D eigenvalue weighted by Crippen LogP contribution is -2.23. The molecule has 2 aliphatic rings. The molecule has 2 aromatic carbocycles. The van der Waals surface area contributed by atoms with Crippen molar-refractivity contribution in [2.75, 3.05) is 19.7 Å². The van der Waals surface area contributed by atoms with E-state index in [2.05, 4.69) is 60.1 Å². The summed E-state index contributed by atoms with van der Waals surface area (Å²) in [6.07, 6.45) is 5.58. The Morgan fingerprint density at radius 2 is 1.88 bits per heavy atom. The Hall–Kier alpha value is -3.09. The van der Waals surface area contributed by atoms with E-state index in [-0.39, 0.29) is 12.0 Å². The Morgan fingerprint density at radius 1 is 1.10 bits per heavy atom. The fourth-order valence-corrected chi connectivity index (χ4v) is 6.36. The number of halogens is 1. The van der Waals surface area contributed by atoms with Crippen molar-refractivity contribution in [3.8, 4) is 22.8 Å². The molecule has 2 heterocycles. The van der Waals surface area contributed by atoms with Crippen molar-refractivity contribution in [1.29, 1.82) is 0 Å². The summed E-state index contributed by atoms with van der Waals surface area (Å²) in [4.78, 5) is 18.6. The van der Waals surface area contributed by atoms with Gasteiger partial charge in [-0.2, -0.15) is 0 Å². The molecule has 1 saturated carbocycles. The standard InChI is InChI=1S/C34H41ClN2O4/c1-5-37(6-2)20-26-16-24(12-14-27(26)28-18-32(40-7-3)36-19-29(28)35)30-15-13-22-8-11-25(17-31(22)41-30)33(23-9-10-23)21(4)34(38)39/h8,11-12,14,16-19,21,23,30,33H,5-7,9-10,13,15,20H2,1-4H3,(H,38,39)/t21-,30?,33?/m0/s1. The number of hydrogen-bond acceptors (Lipinski definition) is 5. The second-order valence-electron chi connectivity index (χ2n) is 11.3. The molecule has 7 heteroatoms. The number of rotatable bonds is 12. The number of fused-ring (bicyclic) bond motifs is 1. The van der Waals surface area contributed by atoms with Crippen LogP contribution in [0.3, 0.4) is 0 Å². The van der Waals surface area contributed by atoms with Crippen LogP contribution in [-0.4, -0.2) is 40.7 Å². The lowest BCUT2D eigenvalue weighted by molar-refractivity contribution is -0.142. The van der Waals surface area contributed by atoms with Crippen LogP contribution in [0.5, 0.6) is 11.6 Å². The molecule has 1 aromatic heterocycles. The van der Waals surface area contributed by atoms with Gasteiger partial charge in [-0.3, -0.25) is 9.69 Å². The predicted octanol–water partition coefficient (Wildman–Crippen LogP) is 7.92. The van der Waals surface area contributed by atoms with Crippen molar-refractivity contribution in [3.63, 3.8) is 0 Å². The van der Waals surface area contributed by atoms with Crippen LogP contribution in [-0.2, 0) is 17.8 Å². The number of carboxylic acid groups (broad SMARTS) is 1. The van der Waals surface area contributed by atoms with Crippen molar-refractivity contribution in [2.45, 2.75) is 71.9 Å². The van der Waals surface area contributed by atoms with Crippen LogP contribution in [0.1, 0.15) is 81.2 Å². The van der Waals surface area contributed by atoms with Gasteiger partial charge in [0.05, 0.1) is 23.7 Å². The van der Waals surface area contributed by atoms with Gasteiger partial charge < -0.3 is 14.6 Å². The zero-order valence-electron chi connectivity index (χ0n) is 24.5. The third-order valence-corrected chi connectivity index (χ3v) is 8.98. The van der Waals surface area contributed by atoms with Gasteiger partial charge in [0.2, 0.25) is 5.88 Å². The maximum Gasteiger partial charge on any atom is 0.306 e. The first-order valence-corrected chi connectivity index (χ1v) is 15.4. The largest absolute Gasteiger partial charge is 0.485 e. The van der Waals surface area contributed by atoms with Crippen LogP contribution in [0, 0.1) is 11.8 Å². The van der Waals surface area contributed by atoms with Gasteiger partial charge in [-0.25, -0.2) is 4.98 Å². The summed E-state index contributed by atoms with van der Waals surface area (Å²) in [6.45, 7) is 11.4. The molecule has 3 atom stereocenters. The molecular weight excluding hydrogens is 536 g/mol. The first-order chi connectivity index (χ1) is 19.8. The molecule has 0 bridgehead atoms. The molecule has 2 unspecified atom stereocenters. The average molecular weight is 577 g/mol. The molecule has 0 saturated heterocycles. The molecule has 1 aliphatic carbocycles. The van der Waals surface area contributed by atoms with Crippen LogP contribution in [0.15, 0.2) is 48.7 Å². The smallest absolute Gasteiger partial charge is 0.306 e. The van der Waals surface area contributed by atoms with Gasteiger partial charge in [0, 0.05) is 18.2 Å². The van der Waals surface area contributed by atoms with Gasteiger partial charge in [0.25, 0.3) is 0 Å². The Morgan fingerprint density at radius 3 is 2.56 bits per heavy atom. The van der Waals surface area contributed by atoms with Gasteiger partial charge in [0.1, 0.15) is 11.9 Å². The van der Waals surface area contributed by atoms with Crippen LogP contribution in [0.2, 0.25) is 5.02 Å². The number of hydrogen-bond donors (Lipinski definition) is 1. The summed E-state index contributed by atoms with van der Waals surface area (Å²) in [5.74, 6) is 0.759. The van der Waals surface area contributed by atoms with Crippen LogP contribution in [0.4, 0.5) is 0 Å². The highest BCUT2D eigenvalue weighted by molar-refractivity contribution is 6.33. The molecule has 41 heavy (non-hydrogen) atoms. The highest BCUT2D eigenvalue weighted by Gasteiger charge is 2.39. The Labute approximate surface area is 248 Å². The van der Waals surface area contributed by atoms with E-state index in [1.807, 2.05) is 19.9 Å². The van der Waals surface area contributed by atoms with Gasteiger partial charge in [-0.1, -0.05) is 62.7 Å².